The highest BCUT2D eigenvalue weighted by molar-refractivity contribution is 14.1. The molecule has 0 aliphatic rings. The highest BCUT2D eigenvalue weighted by Gasteiger charge is 2.22. The van der Waals surface area contributed by atoms with E-state index in [-0.39, 0.29) is 6.10 Å². The van der Waals surface area contributed by atoms with Crippen LogP contribution in [0.15, 0.2) is 0 Å². The van der Waals surface area contributed by atoms with Crippen LogP contribution in [-0.2, 0) is 11.2 Å². The zero-order valence-corrected chi connectivity index (χ0v) is 16.2. The number of hydrogen-bond acceptors (Lipinski definition) is 4. The van der Waals surface area contributed by atoms with Crippen molar-refractivity contribution in [2.24, 2.45) is 11.8 Å². The Kier molecular flexibility index (Phi) is 7.87. The second-order valence-electron chi connectivity index (χ2n) is 5.94. The first-order chi connectivity index (χ1) is 9.90. The average Bonchev–Trinajstić information content (AvgIpc) is 2.39. The molecule has 0 aliphatic carbocycles. The summed E-state index contributed by atoms with van der Waals surface area (Å²) in [5, 5.41) is 3.35. The van der Waals surface area contributed by atoms with Gasteiger partial charge in [-0.3, -0.25) is 0 Å². The maximum Gasteiger partial charge on any atom is 0.160 e. The molecule has 1 rings (SSSR count). The van der Waals surface area contributed by atoms with E-state index in [1.54, 1.807) is 0 Å². The molecular formula is C16H28IN3O. The summed E-state index contributed by atoms with van der Waals surface area (Å²) in [7, 11) is 0. The smallest absolute Gasteiger partial charge is 0.160 e. The van der Waals surface area contributed by atoms with Gasteiger partial charge in [0.05, 0.1) is 9.26 Å². The fraction of sp³-hybridized carbons (Fsp3) is 0.750. The van der Waals surface area contributed by atoms with Crippen LogP contribution in [0.3, 0.4) is 0 Å². The second kappa shape index (κ2) is 8.88. The van der Waals surface area contributed by atoms with Crippen LogP contribution in [0.25, 0.3) is 0 Å². The van der Waals surface area contributed by atoms with Crippen molar-refractivity contribution in [3.8, 4) is 0 Å². The highest BCUT2D eigenvalue weighted by Crippen LogP contribution is 2.28. The highest BCUT2D eigenvalue weighted by atomic mass is 127. The van der Waals surface area contributed by atoms with E-state index in [0.717, 1.165) is 33.9 Å². The molecule has 1 N–H and O–H groups in total. The largest absolute Gasteiger partial charge is 0.370 e. The zero-order chi connectivity index (χ0) is 16.0. The minimum Gasteiger partial charge on any atom is -0.370 e. The standard InChI is InChI=1S/C16H28IN3O/c1-7-18-15-13(17)12(9-10(3)4)19-16(20-15)14(11(5)6)21-8-2/h10-11,14H,7-9H2,1-6H3,(H,18,19,20). The van der Waals surface area contributed by atoms with E-state index in [9.17, 15) is 0 Å². The predicted molar refractivity (Wildman–Crippen MR) is 96.7 cm³/mol. The first-order valence-electron chi connectivity index (χ1n) is 7.82. The molecule has 0 aromatic carbocycles. The van der Waals surface area contributed by atoms with Crippen LogP contribution < -0.4 is 5.32 Å². The molecule has 0 spiro atoms. The van der Waals surface area contributed by atoms with Gasteiger partial charge in [0.15, 0.2) is 5.82 Å². The SMILES string of the molecule is CCNc1nc(C(OCC)C(C)C)nc(CC(C)C)c1I. The zero-order valence-electron chi connectivity index (χ0n) is 14.0. The van der Waals surface area contributed by atoms with E-state index >= 15 is 0 Å². The number of nitrogens with one attached hydrogen (secondary N) is 1. The van der Waals surface area contributed by atoms with Crippen LogP contribution in [0.2, 0.25) is 0 Å². The molecule has 21 heavy (non-hydrogen) atoms. The summed E-state index contributed by atoms with van der Waals surface area (Å²) in [4.78, 5) is 9.53. The van der Waals surface area contributed by atoms with Gasteiger partial charge in [0.1, 0.15) is 11.9 Å². The quantitative estimate of drug-likeness (QED) is 0.650. The number of nitrogens with zero attached hydrogens (tertiary/aromatic N) is 2. The van der Waals surface area contributed by atoms with Crippen LogP contribution in [0.5, 0.6) is 0 Å². The monoisotopic (exact) mass is 405 g/mol. The van der Waals surface area contributed by atoms with Crippen molar-refractivity contribution in [3.63, 3.8) is 0 Å². The minimum atomic E-state index is -0.0460. The van der Waals surface area contributed by atoms with E-state index < -0.39 is 0 Å². The van der Waals surface area contributed by atoms with Crippen molar-refractivity contribution in [3.05, 3.63) is 15.1 Å². The van der Waals surface area contributed by atoms with Crippen molar-refractivity contribution in [2.75, 3.05) is 18.5 Å². The fourth-order valence-corrected chi connectivity index (χ4v) is 2.84. The first kappa shape index (κ1) is 18.6. The molecule has 0 bridgehead atoms. The Balaban J connectivity index is 3.26. The van der Waals surface area contributed by atoms with Crippen LogP contribution in [0, 0.1) is 15.4 Å². The molecule has 1 atom stereocenters. The Morgan fingerprint density at radius 1 is 1.14 bits per heavy atom. The summed E-state index contributed by atoms with van der Waals surface area (Å²) >= 11 is 2.35. The third kappa shape index (κ3) is 5.36. The molecule has 0 saturated heterocycles. The van der Waals surface area contributed by atoms with Crippen LogP contribution in [-0.4, -0.2) is 23.1 Å². The van der Waals surface area contributed by atoms with E-state index in [2.05, 4.69) is 62.5 Å². The molecule has 1 aromatic heterocycles. The molecule has 4 nitrogen and oxygen atoms in total. The van der Waals surface area contributed by atoms with Gasteiger partial charge in [0.25, 0.3) is 0 Å². The number of hydrogen-bond donors (Lipinski definition) is 1. The van der Waals surface area contributed by atoms with Crippen molar-refractivity contribution >= 4 is 28.4 Å². The average molecular weight is 405 g/mol. The Labute approximate surface area is 142 Å². The van der Waals surface area contributed by atoms with Gasteiger partial charge in [-0.25, -0.2) is 9.97 Å². The maximum atomic E-state index is 5.87. The first-order valence-corrected chi connectivity index (χ1v) is 8.90. The van der Waals surface area contributed by atoms with E-state index in [1.807, 2.05) is 6.92 Å². The van der Waals surface area contributed by atoms with Gasteiger partial charge in [0, 0.05) is 13.2 Å². The van der Waals surface area contributed by atoms with Gasteiger partial charge >= 0.3 is 0 Å². The normalized spacial score (nSPS) is 13.0. The lowest BCUT2D eigenvalue weighted by Crippen LogP contribution is -2.18. The summed E-state index contributed by atoms with van der Waals surface area (Å²) in [5.74, 6) is 2.66. The van der Waals surface area contributed by atoms with Gasteiger partial charge in [-0.2, -0.15) is 0 Å². The topological polar surface area (TPSA) is 47.0 Å². The molecular weight excluding hydrogens is 377 g/mol. The Hall–Kier alpha value is -0.430. The molecule has 1 aromatic rings. The van der Waals surface area contributed by atoms with Crippen LogP contribution >= 0.6 is 22.6 Å². The minimum absolute atomic E-state index is 0.0460. The molecule has 0 aliphatic heterocycles. The number of aromatic nitrogens is 2. The summed E-state index contributed by atoms with van der Waals surface area (Å²) in [5.41, 5.74) is 1.12. The third-order valence-corrected chi connectivity index (χ3v) is 4.22. The molecule has 5 heteroatoms. The van der Waals surface area contributed by atoms with E-state index in [1.165, 1.54) is 0 Å². The molecule has 0 amide bonds. The Bertz CT molecular complexity index is 449. The third-order valence-electron chi connectivity index (χ3n) is 3.09. The summed E-state index contributed by atoms with van der Waals surface area (Å²) < 4.78 is 7.00. The van der Waals surface area contributed by atoms with Gasteiger partial charge in [-0.15, -0.1) is 0 Å². The molecule has 1 unspecified atom stereocenters. The van der Waals surface area contributed by atoms with Crippen molar-refractivity contribution in [1.82, 2.24) is 9.97 Å². The maximum absolute atomic E-state index is 5.87. The number of halogens is 1. The number of ether oxygens (including phenoxy) is 1. The van der Waals surface area contributed by atoms with Gasteiger partial charge in [-0.1, -0.05) is 27.7 Å². The van der Waals surface area contributed by atoms with Gasteiger partial charge in [-0.05, 0) is 54.7 Å². The molecule has 1 heterocycles. The van der Waals surface area contributed by atoms with Crippen molar-refractivity contribution < 1.29 is 4.74 Å². The molecule has 120 valence electrons. The summed E-state index contributed by atoms with van der Waals surface area (Å²) in [6.07, 6.45) is 0.915. The lowest BCUT2D eigenvalue weighted by Gasteiger charge is -2.22. The van der Waals surface area contributed by atoms with Crippen LogP contribution in [0.4, 0.5) is 5.82 Å². The lowest BCUT2D eigenvalue weighted by atomic mass is 10.0. The van der Waals surface area contributed by atoms with Crippen LogP contribution in [0.1, 0.15) is 59.2 Å². The van der Waals surface area contributed by atoms with Crippen molar-refractivity contribution in [1.29, 1.82) is 0 Å². The predicted octanol–water partition coefficient (Wildman–Crippen LogP) is 4.45. The molecule has 0 radical (unpaired) electrons. The van der Waals surface area contributed by atoms with Crippen molar-refractivity contribution in [2.45, 2.75) is 54.1 Å². The summed E-state index contributed by atoms with van der Waals surface area (Å²) in [6.45, 7) is 14.4. The van der Waals surface area contributed by atoms with E-state index in [4.69, 9.17) is 14.7 Å². The summed E-state index contributed by atoms with van der Waals surface area (Å²) in [6, 6.07) is 0. The fourth-order valence-electron chi connectivity index (χ4n) is 2.19. The van der Waals surface area contributed by atoms with E-state index in [0.29, 0.717) is 18.4 Å². The van der Waals surface area contributed by atoms with Gasteiger partial charge < -0.3 is 10.1 Å². The number of rotatable bonds is 8. The Morgan fingerprint density at radius 2 is 1.81 bits per heavy atom. The number of anilines is 1. The van der Waals surface area contributed by atoms with Gasteiger partial charge in [0.2, 0.25) is 0 Å². The Morgan fingerprint density at radius 3 is 2.29 bits per heavy atom. The second-order valence-corrected chi connectivity index (χ2v) is 7.02. The lowest BCUT2D eigenvalue weighted by molar-refractivity contribution is 0.0231. The molecule has 0 fully saturated rings. The molecule has 0 saturated carbocycles.